The first kappa shape index (κ1) is 18.2. The smallest absolute Gasteiger partial charge is 0.303 e. The molecule has 1 aromatic rings. The molecule has 122 valence electrons. The lowest BCUT2D eigenvalue weighted by Crippen LogP contribution is -2.27. The van der Waals surface area contributed by atoms with Crippen molar-refractivity contribution in [2.24, 2.45) is 17.6 Å². The van der Waals surface area contributed by atoms with Crippen molar-refractivity contribution in [3.8, 4) is 0 Å². The minimum Gasteiger partial charge on any atom is -0.481 e. The first-order chi connectivity index (χ1) is 10.4. The standard InChI is InChI=1S/C17H26N2O3/c1-12(8-14(9-16(18)20)10-17(21)22)11-19-13(2)15-6-4-3-5-7-15/h3-7,12-14,19H,8-11H2,1-2H3,(H2,18,20)(H,21,22)/t12?,13-,14+/m0/s1. The summed E-state index contributed by atoms with van der Waals surface area (Å²) >= 11 is 0. The molecule has 4 N–H and O–H groups in total. The summed E-state index contributed by atoms with van der Waals surface area (Å²) in [6.07, 6.45) is 0.788. The second kappa shape index (κ2) is 9.20. The highest BCUT2D eigenvalue weighted by Gasteiger charge is 2.19. The van der Waals surface area contributed by atoms with Gasteiger partial charge in [-0.15, -0.1) is 0 Å². The Bertz CT molecular complexity index is 460. The zero-order valence-electron chi connectivity index (χ0n) is 13.3. The number of rotatable bonds is 10. The minimum atomic E-state index is -0.885. The third-order valence-corrected chi connectivity index (χ3v) is 3.76. The van der Waals surface area contributed by atoms with Gasteiger partial charge in [0, 0.05) is 18.9 Å². The topological polar surface area (TPSA) is 92.4 Å². The molecule has 1 amide bonds. The molecule has 3 atom stereocenters. The maximum absolute atomic E-state index is 11.0. The van der Waals surface area contributed by atoms with E-state index < -0.39 is 11.9 Å². The molecule has 0 aromatic heterocycles. The second-order valence-corrected chi connectivity index (χ2v) is 6.02. The van der Waals surface area contributed by atoms with Crippen LogP contribution in [-0.4, -0.2) is 23.5 Å². The number of carboxylic acid groups (broad SMARTS) is 1. The van der Waals surface area contributed by atoms with E-state index in [2.05, 4.69) is 31.3 Å². The largest absolute Gasteiger partial charge is 0.481 e. The molecule has 0 bridgehead atoms. The first-order valence-corrected chi connectivity index (χ1v) is 7.67. The number of hydrogen-bond acceptors (Lipinski definition) is 3. The van der Waals surface area contributed by atoms with Crippen molar-refractivity contribution in [3.05, 3.63) is 35.9 Å². The van der Waals surface area contributed by atoms with E-state index in [0.717, 1.165) is 6.54 Å². The monoisotopic (exact) mass is 306 g/mol. The van der Waals surface area contributed by atoms with Crippen LogP contribution in [0.4, 0.5) is 0 Å². The van der Waals surface area contributed by atoms with Crippen molar-refractivity contribution in [2.45, 2.75) is 39.2 Å². The molecular formula is C17H26N2O3. The lowest BCUT2D eigenvalue weighted by atomic mass is 9.90. The molecule has 1 rings (SSSR count). The highest BCUT2D eigenvalue weighted by atomic mass is 16.4. The summed E-state index contributed by atoms with van der Waals surface area (Å²) in [5.41, 5.74) is 6.41. The predicted octanol–water partition coefficient (Wildman–Crippen LogP) is 2.33. The van der Waals surface area contributed by atoms with Crippen LogP contribution < -0.4 is 11.1 Å². The van der Waals surface area contributed by atoms with E-state index >= 15 is 0 Å². The highest BCUT2D eigenvalue weighted by molar-refractivity contribution is 5.75. The quantitative estimate of drug-likeness (QED) is 0.618. The Morgan fingerprint density at radius 2 is 1.82 bits per heavy atom. The van der Waals surface area contributed by atoms with Crippen LogP contribution in [0.3, 0.4) is 0 Å². The van der Waals surface area contributed by atoms with E-state index in [1.54, 1.807) is 0 Å². The average Bonchev–Trinajstić information content (AvgIpc) is 2.44. The van der Waals surface area contributed by atoms with Crippen molar-refractivity contribution in [1.82, 2.24) is 5.32 Å². The Kier molecular flexibility index (Phi) is 7.60. The van der Waals surface area contributed by atoms with E-state index in [0.29, 0.717) is 6.42 Å². The van der Waals surface area contributed by atoms with Crippen molar-refractivity contribution in [2.75, 3.05) is 6.54 Å². The van der Waals surface area contributed by atoms with Crippen LogP contribution in [-0.2, 0) is 9.59 Å². The molecule has 0 aliphatic carbocycles. The molecule has 22 heavy (non-hydrogen) atoms. The van der Waals surface area contributed by atoms with Crippen molar-refractivity contribution < 1.29 is 14.7 Å². The summed E-state index contributed by atoms with van der Waals surface area (Å²) in [7, 11) is 0. The minimum absolute atomic E-state index is 0.0124. The highest BCUT2D eigenvalue weighted by Crippen LogP contribution is 2.20. The van der Waals surface area contributed by atoms with E-state index in [1.807, 2.05) is 18.2 Å². The van der Waals surface area contributed by atoms with E-state index in [9.17, 15) is 9.59 Å². The molecule has 0 heterocycles. The van der Waals surface area contributed by atoms with Gasteiger partial charge in [0.05, 0.1) is 0 Å². The zero-order valence-corrected chi connectivity index (χ0v) is 13.3. The fourth-order valence-corrected chi connectivity index (χ4v) is 2.66. The predicted molar refractivity (Wildman–Crippen MR) is 86.2 cm³/mol. The molecular weight excluding hydrogens is 280 g/mol. The number of nitrogens with two attached hydrogens (primary N) is 1. The number of carboxylic acids is 1. The van der Waals surface area contributed by atoms with Crippen molar-refractivity contribution in [1.29, 1.82) is 0 Å². The zero-order chi connectivity index (χ0) is 16.5. The number of nitrogens with one attached hydrogen (secondary N) is 1. The van der Waals surface area contributed by atoms with E-state index in [-0.39, 0.29) is 30.7 Å². The maximum atomic E-state index is 11.0. The number of carbonyl (C=O) groups is 2. The second-order valence-electron chi connectivity index (χ2n) is 6.02. The van der Waals surface area contributed by atoms with E-state index in [4.69, 9.17) is 10.8 Å². The van der Waals surface area contributed by atoms with Gasteiger partial charge >= 0.3 is 5.97 Å². The van der Waals surface area contributed by atoms with Gasteiger partial charge in [0.15, 0.2) is 0 Å². The Morgan fingerprint density at radius 3 is 2.36 bits per heavy atom. The van der Waals surface area contributed by atoms with Gasteiger partial charge in [0.25, 0.3) is 0 Å². The van der Waals surface area contributed by atoms with Crippen LogP contribution in [0, 0.1) is 11.8 Å². The Hall–Kier alpha value is -1.88. The van der Waals surface area contributed by atoms with Crippen LogP contribution in [0.1, 0.15) is 44.7 Å². The summed E-state index contributed by atoms with van der Waals surface area (Å²) in [6, 6.07) is 10.4. The van der Waals surface area contributed by atoms with E-state index in [1.165, 1.54) is 5.56 Å². The molecule has 0 saturated heterocycles. The summed E-state index contributed by atoms with van der Waals surface area (Å²) in [4.78, 5) is 21.9. The number of aliphatic carboxylic acids is 1. The molecule has 0 fully saturated rings. The van der Waals surface area contributed by atoms with Gasteiger partial charge < -0.3 is 16.2 Å². The molecule has 5 nitrogen and oxygen atoms in total. The number of carbonyl (C=O) groups excluding carboxylic acids is 1. The van der Waals surface area contributed by atoms with Crippen molar-refractivity contribution in [3.63, 3.8) is 0 Å². The lowest BCUT2D eigenvalue weighted by Gasteiger charge is -2.21. The van der Waals surface area contributed by atoms with Crippen LogP contribution in [0.25, 0.3) is 0 Å². The van der Waals surface area contributed by atoms with Gasteiger partial charge in [-0.3, -0.25) is 9.59 Å². The Balaban J connectivity index is 2.44. The molecule has 1 aromatic carbocycles. The van der Waals surface area contributed by atoms with Crippen LogP contribution in [0.2, 0.25) is 0 Å². The van der Waals surface area contributed by atoms with Gasteiger partial charge in [0.1, 0.15) is 0 Å². The first-order valence-electron chi connectivity index (χ1n) is 7.67. The lowest BCUT2D eigenvalue weighted by molar-refractivity contribution is -0.138. The van der Waals surface area contributed by atoms with Gasteiger partial charge in [-0.1, -0.05) is 37.3 Å². The Morgan fingerprint density at radius 1 is 1.18 bits per heavy atom. The SMILES string of the molecule is CC(CN[C@@H](C)c1ccccc1)C[C@H](CC(N)=O)CC(=O)O. The molecule has 0 saturated carbocycles. The van der Waals surface area contributed by atoms with Gasteiger partial charge in [-0.25, -0.2) is 0 Å². The van der Waals surface area contributed by atoms with Crippen LogP contribution in [0.15, 0.2) is 30.3 Å². The number of amides is 1. The van der Waals surface area contributed by atoms with Crippen molar-refractivity contribution >= 4 is 11.9 Å². The molecule has 0 spiro atoms. The molecule has 0 aliphatic heterocycles. The fraction of sp³-hybridized carbons (Fsp3) is 0.529. The number of hydrogen-bond donors (Lipinski definition) is 3. The number of primary amides is 1. The Labute approximate surface area is 131 Å². The summed E-state index contributed by atoms with van der Waals surface area (Å²) in [5, 5.41) is 12.4. The molecule has 0 radical (unpaired) electrons. The summed E-state index contributed by atoms with van der Waals surface area (Å²) in [6.45, 7) is 4.92. The van der Waals surface area contributed by atoms with Gasteiger partial charge in [0.2, 0.25) is 5.91 Å². The molecule has 5 heteroatoms. The van der Waals surface area contributed by atoms with Crippen LogP contribution >= 0.6 is 0 Å². The van der Waals surface area contributed by atoms with Crippen LogP contribution in [0.5, 0.6) is 0 Å². The third-order valence-electron chi connectivity index (χ3n) is 3.76. The van der Waals surface area contributed by atoms with Gasteiger partial charge in [-0.05, 0) is 37.3 Å². The summed E-state index contributed by atoms with van der Waals surface area (Å²) in [5.74, 6) is -1.25. The average molecular weight is 306 g/mol. The van der Waals surface area contributed by atoms with Gasteiger partial charge in [-0.2, -0.15) is 0 Å². The summed E-state index contributed by atoms with van der Waals surface area (Å²) < 4.78 is 0. The number of benzene rings is 1. The normalized spacial score (nSPS) is 15.0. The maximum Gasteiger partial charge on any atom is 0.303 e. The fourth-order valence-electron chi connectivity index (χ4n) is 2.66. The third kappa shape index (κ3) is 7.22. The molecule has 0 aliphatic rings. The molecule has 1 unspecified atom stereocenters.